The molecule has 0 atom stereocenters. The van der Waals surface area contributed by atoms with Crippen LogP contribution in [-0.2, 0) is 35.1 Å². The van der Waals surface area contributed by atoms with Crippen LogP contribution in [0.15, 0.2) is 46.6 Å². The molecule has 2 aliphatic rings. The van der Waals surface area contributed by atoms with Crippen LogP contribution in [0.4, 0.5) is 10.1 Å². The lowest BCUT2D eigenvalue weighted by molar-refractivity contribution is -0.144. The first-order valence-electron chi connectivity index (χ1n) is 13.7. The zero-order valence-electron chi connectivity index (χ0n) is 23.5. The summed E-state index contributed by atoms with van der Waals surface area (Å²) in [6.07, 6.45) is 8.27. The third-order valence-electron chi connectivity index (χ3n) is 7.22. The van der Waals surface area contributed by atoms with Crippen molar-refractivity contribution in [1.82, 2.24) is 4.98 Å². The molecule has 0 aliphatic heterocycles. The molecule has 1 saturated carbocycles. The third-order valence-corrected chi connectivity index (χ3v) is 8.67. The van der Waals surface area contributed by atoms with Gasteiger partial charge < -0.3 is 19.1 Å². The molecule has 224 valence electrons. The topological polar surface area (TPSA) is 112 Å². The molecule has 1 heterocycles. The van der Waals surface area contributed by atoms with Gasteiger partial charge in [0.05, 0.1) is 42.8 Å². The lowest BCUT2D eigenvalue weighted by atomic mass is 9.90. The van der Waals surface area contributed by atoms with Gasteiger partial charge in [-0.05, 0) is 75.1 Å². The lowest BCUT2D eigenvalue weighted by Crippen LogP contribution is -2.35. The van der Waals surface area contributed by atoms with E-state index in [0.717, 1.165) is 49.9 Å². The first-order valence-corrected chi connectivity index (χ1v) is 15.0. The summed E-state index contributed by atoms with van der Waals surface area (Å²) in [4.78, 5) is 57.0. The van der Waals surface area contributed by atoms with Crippen LogP contribution in [0.2, 0.25) is 5.02 Å². The van der Waals surface area contributed by atoms with Gasteiger partial charge in [0, 0.05) is 28.4 Å². The van der Waals surface area contributed by atoms with E-state index in [4.69, 9.17) is 25.8 Å². The van der Waals surface area contributed by atoms with Gasteiger partial charge in [0.25, 0.3) is 5.91 Å². The minimum Gasteiger partial charge on any atom is -0.468 e. The highest BCUT2D eigenvalue weighted by Crippen LogP contribution is 2.37. The summed E-state index contributed by atoms with van der Waals surface area (Å²) in [6.45, 7) is -0.176. The largest absolute Gasteiger partial charge is 0.468 e. The average Bonchev–Trinajstić information content (AvgIpc) is 3.52. The fourth-order valence-corrected chi connectivity index (χ4v) is 6.14. The molecular formula is C30H32ClFN2O7S. The molecule has 1 aromatic carbocycles. The molecule has 2 aliphatic carbocycles. The lowest BCUT2D eigenvalue weighted by Gasteiger charge is -2.28. The van der Waals surface area contributed by atoms with Crippen molar-refractivity contribution in [3.05, 3.63) is 63.7 Å². The van der Waals surface area contributed by atoms with E-state index >= 15 is 4.39 Å². The second-order valence-corrected chi connectivity index (χ2v) is 11.5. The Bertz CT molecular complexity index is 1390. The van der Waals surface area contributed by atoms with Gasteiger partial charge in [0.1, 0.15) is 11.9 Å². The van der Waals surface area contributed by atoms with Crippen molar-refractivity contribution in [2.75, 3.05) is 24.9 Å². The number of pyridine rings is 1. The van der Waals surface area contributed by atoms with Crippen molar-refractivity contribution in [3.8, 4) is 0 Å². The summed E-state index contributed by atoms with van der Waals surface area (Å²) in [5.41, 5.74) is 1.04. The molecule has 1 fully saturated rings. The first-order chi connectivity index (χ1) is 20.2. The summed E-state index contributed by atoms with van der Waals surface area (Å²) in [5.74, 6) is -3.05. The molecule has 0 radical (unpaired) electrons. The van der Waals surface area contributed by atoms with Gasteiger partial charge in [0.2, 0.25) is 0 Å². The second-order valence-electron chi connectivity index (χ2n) is 10.0. The maximum Gasteiger partial charge on any atom is 0.339 e. The molecule has 4 rings (SSSR count). The number of methoxy groups -OCH3 is 2. The number of amides is 1. The molecule has 1 aromatic heterocycles. The van der Waals surface area contributed by atoms with Crippen LogP contribution in [0.1, 0.15) is 67.3 Å². The molecule has 0 saturated heterocycles. The van der Waals surface area contributed by atoms with Crippen LogP contribution in [0.5, 0.6) is 0 Å². The van der Waals surface area contributed by atoms with Crippen molar-refractivity contribution >= 4 is 52.9 Å². The minimum atomic E-state index is -0.778. The summed E-state index contributed by atoms with van der Waals surface area (Å²) >= 11 is 7.33. The fourth-order valence-electron chi connectivity index (χ4n) is 5.04. The number of benzene rings is 1. The van der Waals surface area contributed by atoms with Gasteiger partial charge in [-0.1, -0.05) is 11.6 Å². The Labute approximate surface area is 252 Å². The quantitative estimate of drug-likeness (QED) is 0.185. The molecule has 9 nitrogen and oxygen atoms in total. The number of anilines is 1. The van der Waals surface area contributed by atoms with Crippen LogP contribution in [0, 0.1) is 5.82 Å². The van der Waals surface area contributed by atoms with Gasteiger partial charge >= 0.3 is 17.9 Å². The van der Waals surface area contributed by atoms with Gasteiger partial charge in [0.15, 0.2) is 0 Å². The van der Waals surface area contributed by atoms with E-state index in [-0.39, 0.29) is 40.2 Å². The summed E-state index contributed by atoms with van der Waals surface area (Å²) < 4.78 is 30.8. The number of carbonyl (C=O) groups is 4. The van der Waals surface area contributed by atoms with Crippen LogP contribution in [0.3, 0.4) is 0 Å². The van der Waals surface area contributed by atoms with E-state index in [2.05, 4.69) is 4.98 Å². The predicted molar refractivity (Wildman–Crippen MR) is 155 cm³/mol. The van der Waals surface area contributed by atoms with E-state index in [1.165, 1.54) is 43.6 Å². The number of hydrogen-bond donors (Lipinski definition) is 0. The summed E-state index contributed by atoms with van der Waals surface area (Å²) in [6, 6.07) is 3.97. The van der Waals surface area contributed by atoms with Crippen LogP contribution >= 0.6 is 23.4 Å². The Kier molecular flexibility index (Phi) is 11.0. The highest BCUT2D eigenvalue weighted by molar-refractivity contribution is 8.00. The summed E-state index contributed by atoms with van der Waals surface area (Å²) in [5, 5.41) is 0.0598. The number of thioether (sulfide) groups is 1. The predicted octanol–water partition coefficient (Wildman–Crippen LogP) is 5.82. The molecule has 0 N–H and O–H groups in total. The Morgan fingerprint density at radius 1 is 0.976 bits per heavy atom. The molecule has 42 heavy (non-hydrogen) atoms. The molecule has 1 amide bonds. The number of nitrogens with zero attached hydrogens (tertiary/aromatic N) is 2. The maximum absolute atomic E-state index is 15.6. The van der Waals surface area contributed by atoms with E-state index in [9.17, 15) is 19.2 Å². The minimum absolute atomic E-state index is 0.0598. The molecular weight excluding hydrogens is 587 g/mol. The number of esters is 3. The number of hydrogen-bond acceptors (Lipinski definition) is 9. The van der Waals surface area contributed by atoms with E-state index < -0.39 is 29.6 Å². The van der Waals surface area contributed by atoms with E-state index in [0.29, 0.717) is 35.3 Å². The van der Waals surface area contributed by atoms with Crippen molar-refractivity contribution in [2.45, 2.75) is 68.9 Å². The smallest absolute Gasteiger partial charge is 0.339 e. The molecule has 0 spiro atoms. The normalized spacial score (nSPS) is 15.3. The Hall–Kier alpha value is -3.44. The standard InChI is InChI=1S/C30H32ClFN2O7S/c1-39-27(35)17-42-26-13-25(24(32)12-23(26)31)34(16-18-11-19(15-33-14-18)29(37)40-2)28(36)21-9-5-6-10-22(21)30(38)41-20-7-3-4-8-20/h11-15,20H,3-10,16-17H2,1-2H3. The van der Waals surface area contributed by atoms with E-state index in [1.807, 2.05) is 0 Å². The second kappa shape index (κ2) is 14.6. The van der Waals surface area contributed by atoms with Crippen molar-refractivity contribution in [1.29, 1.82) is 0 Å². The Morgan fingerprint density at radius 2 is 1.69 bits per heavy atom. The Morgan fingerprint density at radius 3 is 2.38 bits per heavy atom. The van der Waals surface area contributed by atoms with Crippen molar-refractivity contribution < 1.29 is 37.8 Å². The number of rotatable bonds is 10. The highest BCUT2D eigenvalue weighted by atomic mass is 35.5. The molecule has 0 bridgehead atoms. The number of aromatic nitrogens is 1. The maximum atomic E-state index is 15.6. The third kappa shape index (κ3) is 7.69. The van der Waals surface area contributed by atoms with Crippen LogP contribution in [-0.4, -0.2) is 54.9 Å². The van der Waals surface area contributed by atoms with E-state index in [1.54, 1.807) is 0 Å². The average molecular weight is 619 g/mol. The molecule has 0 unspecified atom stereocenters. The van der Waals surface area contributed by atoms with Crippen LogP contribution in [0.25, 0.3) is 0 Å². The first kappa shape index (κ1) is 31.5. The molecule has 2 aromatic rings. The van der Waals surface area contributed by atoms with Gasteiger partial charge in [-0.15, -0.1) is 11.8 Å². The zero-order chi connectivity index (χ0) is 30.2. The number of carbonyl (C=O) groups excluding carboxylic acids is 4. The van der Waals surface area contributed by atoms with Gasteiger partial charge in [-0.3, -0.25) is 14.6 Å². The highest BCUT2D eigenvalue weighted by Gasteiger charge is 2.32. The van der Waals surface area contributed by atoms with Crippen molar-refractivity contribution in [3.63, 3.8) is 0 Å². The number of ether oxygens (including phenoxy) is 3. The van der Waals surface area contributed by atoms with Gasteiger partial charge in [-0.25, -0.2) is 14.0 Å². The monoisotopic (exact) mass is 618 g/mol. The molecule has 12 heteroatoms. The van der Waals surface area contributed by atoms with Crippen molar-refractivity contribution in [2.24, 2.45) is 0 Å². The Balaban J connectivity index is 1.76. The zero-order valence-corrected chi connectivity index (χ0v) is 25.0. The number of halogens is 2. The van der Waals surface area contributed by atoms with Gasteiger partial charge in [-0.2, -0.15) is 0 Å². The summed E-state index contributed by atoms with van der Waals surface area (Å²) in [7, 11) is 2.49. The fraction of sp³-hybridized carbons (Fsp3) is 0.433. The SMILES string of the molecule is COC(=O)CSc1cc(N(Cc2cncc(C(=O)OC)c2)C(=O)C2=C(C(=O)OC3CCCC3)CCCC2)c(F)cc1Cl. The van der Waals surface area contributed by atoms with Crippen LogP contribution < -0.4 is 4.90 Å².